The lowest BCUT2D eigenvalue weighted by molar-refractivity contribution is 0.0766. The van der Waals surface area contributed by atoms with Gasteiger partial charge in [-0.15, -0.1) is 0 Å². The number of allylic oxidation sites excluding steroid dienone is 1. The largest absolute Gasteiger partial charge is 0.497 e. The van der Waals surface area contributed by atoms with E-state index < -0.39 is 0 Å². The standard InChI is InChI=1S/C17H20FN3O/c18-16-11-14(12-19)4-5-17(16)21-8-6-20(7-9-21)13-15-3-1-2-10-22-15/h2,4-5,10-11,15H,1,3,6-9,13H2/t15-/m1/s1. The molecular weight excluding hydrogens is 281 g/mol. The molecule has 1 saturated heterocycles. The summed E-state index contributed by atoms with van der Waals surface area (Å²) in [6, 6.07) is 6.65. The molecule has 0 amide bonds. The summed E-state index contributed by atoms with van der Waals surface area (Å²) < 4.78 is 19.7. The lowest BCUT2D eigenvalue weighted by Gasteiger charge is -2.37. The van der Waals surface area contributed by atoms with Gasteiger partial charge in [0.25, 0.3) is 0 Å². The Hall–Kier alpha value is -2.06. The quantitative estimate of drug-likeness (QED) is 0.860. The van der Waals surface area contributed by atoms with Crippen molar-refractivity contribution in [3.63, 3.8) is 0 Å². The number of rotatable bonds is 3. The maximum Gasteiger partial charge on any atom is 0.147 e. The monoisotopic (exact) mass is 301 g/mol. The van der Waals surface area contributed by atoms with Crippen LogP contribution in [0, 0.1) is 17.1 Å². The van der Waals surface area contributed by atoms with Crippen LogP contribution < -0.4 is 4.90 Å². The zero-order valence-corrected chi connectivity index (χ0v) is 12.5. The van der Waals surface area contributed by atoms with Crippen molar-refractivity contribution < 1.29 is 9.13 Å². The van der Waals surface area contributed by atoms with Gasteiger partial charge in [-0.3, -0.25) is 4.90 Å². The fraction of sp³-hybridized carbons (Fsp3) is 0.471. The van der Waals surface area contributed by atoms with E-state index in [-0.39, 0.29) is 11.9 Å². The van der Waals surface area contributed by atoms with Crippen LogP contribution in [-0.4, -0.2) is 43.7 Å². The lowest BCUT2D eigenvalue weighted by Crippen LogP contribution is -2.49. The zero-order chi connectivity index (χ0) is 15.4. The van der Waals surface area contributed by atoms with Crippen molar-refractivity contribution in [2.45, 2.75) is 18.9 Å². The number of piperazine rings is 1. The summed E-state index contributed by atoms with van der Waals surface area (Å²) in [6.07, 6.45) is 6.30. The fourth-order valence-electron chi connectivity index (χ4n) is 3.01. The number of nitrogens with zero attached hydrogens (tertiary/aromatic N) is 3. The fourth-order valence-corrected chi connectivity index (χ4v) is 3.01. The van der Waals surface area contributed by atoms with Crippen molar-refractivity contribution in [3.8, 4) is 6.07 Å². The second-order valence-electron chi connectivity index (χ2n) is 5.77. The zero-order valence-electron chi connectivity index (χ0n) is 12.5. The van der Waals surface area contributed by atoms with Gasteiger partial charge in [-0.05, 0) is 37.1 Å². The molecule has 0 aliphatic carbocycles. The van der Waals surface area contributed by atoms with Gasteiger partial charge in [-0.1, -0.05) is 0 Å². The first-order valence-corrected chi connectivity index (χ1v) is 7.73. The smallest absolute Gasteiger partial charge is 0.147 e. The summed E-state index contributed by atoms with van der Waals surface area (Å²) in [5.74, 6) is -0.312. The van der Waals surface area contributed by atoms with Crippen LogP contribution >= 0.6 is 0 Å². The molecule has 0 bridgehead atoms. The Morgan fingerprint density at radius 3 is 2.73 bits per heavy atom. The molecule has 0 N–H and O–H groups in total. The minimum absolute atomic E-state index is 0.281. The highest BCUT2D eigenvalue weighted by atomic mass is 19.1. The third-order valence-corrected chi connectivity index (χ3v) is 4.27. The number of anilines is 1. The summed E-state index contributed by atoms with van der Waals surface area (Å²) >= 11 is 0. The van der Waals surface area contributed by atoms with Crippen LogP contribution in [0.2, 0.25) is 0 Å². The van der Waals surface area contributed by atoms with Crippen LogP contribution in [0.4, 0.5) is 10.1 Å². The molecule has 1 fully saturated rings. The molecule has 1 atom stereocenters. The van der Waals surface area contributed by atoms with Gasteiger partial charge in [0.05, 0.1) is 23.6 Å². The topological polar surface area (TPSA) is 39.5 Å². The van der Waals surface area contributed by atoms with Crippen molar-refractivity contribution in [3.05, 3.63) is 41.9 Å². The van der Waals surface area contributed by atoms with Crippen LogP contribution in [0.1, 0.15) is 18.4 Å². The summed E-state index contributed by atoms with van der Waals surface area (Å²) in [5, 5.41) is 8.80. The van der Waals surface area contributed by atoms with Gasteiger partial charge >= 0.3 is 0 Å². The van der Waals surface area contributed by atoms with Gasteiger partial charge < -0.3 is 9.64 Å². The number of ether oxygens (including phenoxy) is 1. The second-order valence-corrected chi connectivity index (χ2v) is 5.77. The van der Waals surface area contributed by atoms with E-state index >= 15 is 0 Å². The Balaban J connectivity index is 1.55. The summed E-state index contributed by atoms with van der Waals surface area (Å²) in [4.78, 5) is 4.43. The SMILES string of the molecule is N#Cc1ccc(N2CCN(C[C@H]3CCC=CO3)CC2)c(F)c1. The number of nitriles is 1. The molecule has 5 heteroatoms. The Kier molecular flexibility index (Phi) is 4.59. The Morgan fingerprint density at radius 2 is 2.09 bits per heavy atom. The predicted octanol–water partition coefficient (Wildman–Crippen LogP) is 2.51. The third kappa shape index (κ3) is 3.40. The number of halogens is 1. The van der Waals surface area contributed by atoms with Gasteiger partial charge in [0.1, 0.15) is 11.9 Å². The molecule has 0 saturated carbocycles. The van der Waals surface area contributed by atoms with Gasteiger partial charge in [-0.25, -0.2) is 4.39 Å². The van der Waals surface area contributed by atoms with Gasteiger partial charge in [0.15, 0.2) is 0 Å². The summed E-state index contributed by atoms with van der Waals surface area (Å²) in [6.45, 7) is 4.34. The maximum absolute atomic E-state index is 14.1. The highest BCUT2D eigenvalue weighted by molar-refractivity contribution is 5.51. The van der Waals surface area contributed by atoms with Crippen LogP contribution in [-0.2, 0) is 4.74 Å². The van der Waals surface area contributed by atoms with Crippen molar-refractivity contribution in [2.24, 2.45) is 0 Å². The highest BCUT2D eigenvalue weighted by Crippen LogP contribution is 2.22. The van der Waals surface area contributed by atoms with E-state index in [4.69, 9.17) is 10.00 Å². The maximum atomic E-state index is 14.1. The van der Waals surface area contributed by atoms with E-state index in [0.717, 1.165) is 45.6 Å². The van der Waals surface area contributed by atoms with Gasteiger partial charge in [0.2, 0.25) is 0 Å². The molecule has 116 valence electrons. The Bertz CT molecular complexity index is 588. The van der Waals surface area contributed by atoms with Crippen LogP contribution in [0.15, 0.2) is 30.5 Å². The van der Waals surface area contributed by atoms with E-state index in [0.29, 0.717) is 11.3 Å². The lowest BCUT2D eigenvalue weighted by atomic mass is 10.1. The van der Waals surface area contributed by atoms with E-state index in [1.165, 1.54) is 6.07 Å². The first-order chi connectivity index (χ1) is 10.8. The number of benzene rings is 1. The molecule has 1 aromatic rings. The molecule has 3 rings (SSSR count). The van der Waals surface area contributed by atoms with Gasteiger partial charge in [-0.2, -0.15) is 5.26 Å². The van der Waals surface area contributed by atoms with Crippen molar-refractivity contribution >= 4 is 5.69 Å². The van der Waals surface area contributed by atoms with Crippen molar-refractivity contribution in [1.82, 2.24) is 4.90 Å². The van der Waals surface area contributed by atoms with Crippen LogP contribution in [0.3, 0.4) is 0 Å². The average molecular weight is 301 g/mol. The molecule has 0 radical (unpaired) electrons. The van der Waals surface area contributed by atoms with Crippen LogP contribution in [0.25, 0.3) is 0 Å². The average Bonchev–Trinajstić information content (AvgIpc) is 2.56. The predicted molar refractivity (Wildman–Crippen MR) is 83.0 cm³/mol. The second kappa shape index (κ2) is 6.80. The third-order valence-electron chi connectivity index (χ3n) is 4.27. The minimum Gasteiger partial charge on any atom is -0.497 e. The Labute approximate surface area is 130 Å². The van der Waals surface area contributed by atoms with Crippen molar-refractivity contribution in [1.29, 1.82) is 5.26 Å². The molecule has 2 aliphatic rings. The molecule has 4 nitrogen and oxygen atoms in total. The van der Waals surface area contributed by atoms with Crippen molar-refractivity contribution in [2.75, 3.05) is 37.6 Å². The molecule has 0 aromatic heterocycles. The van der Waals surface area contributed by atoms with E-state index in [9.17, 15) is 4.39 Å². The molecule has 22 heavy (non-hydrogen) atoms. The van der Waals surface area contributed by atoms with E-state index in [1.54, 1.807) is 18.4 Å². The minimum atomic E-state index is -0.312. The van der Waals surface area contributed by atoms with Gasteiger partial charge in [0, 0.05) is 32.7 Å². The molecule has 2 heterocycles. The molecular formula is C17H20FN3O. The Morgan fingerprint density at radius 1 is 1.27 bits per heavy atom. The molecule has 0 spiro atoms. The first kappa shape index (κ1) is 14.9. The van der Waals surface area contributed by atoms with E-state index in [2.05, 4.69) is 15.9 Å². The number of hydrogen-bond donors (Lipinski definition) is 0. The van der Waals surface area contributed by atoms with E-state index in [1.807, 2.05) is 6.07 Å². The molecule has 1 aromatic carbocycles. The highest BCUT2D eigenvalue weighted by Gasteiger charge is 2.22. The normalized spacial score (nSPS) is 22.2. The molecule has 0 unspecified atom stereocenters. The van der Waals surface area contributed by atoms with Crippen LogP contribution in [0.5, 0.6) is 0 Å². The summed E-state index contributed by atoms with van der Waals surface area (Å²) in [7, 11) is 0. The molecule has 2 aliphatic heterocycles. The first-order valence-electron chi connectivity index (χ1n) is 7.73. The number of hydrogen-bond acceptors (Lipinski definition) is 4. The summed E-state index contributed by atoms with van der Waals surface area (Å²) in [5.41, 5.74) is 0.956.